The van der Waals surface area contributed by atoms with Crippen molar-refractivity contribution in [3.05, 3.63) is 60.1 Å². The Bertz CT molecular complexity index is 476. The number of carbonyl (C=O) groups excluding carboxylic acids is 1. The van der Waals surface area contributed by atoms with Crippen molar-refractivity contribution < 1.29 is 9.21 Å². The Hall–Kier alpha value is -1.87. The summed E-state index contributed by atoms with van der Waals surface area (Å²) in [6.45, 7) is 1.82. The van der Waals surface area contributed by atoms with Crippen molar-refractivity contribution >= 4 is 5.78 Å². The van der Waals surface area contributed by atoms with Crippen LogP contribution in [0, 0.1) is 5.92 Å². The summed E-state index contributed by atoms with van der Waals surface area (Å²) in [5.74, 6) is -0.00113. The zero-order valence-corrected chi connectivity index (χ0v) is 9.67. The maximum Gasteiger partial charge on any atom is 0.202 e. The molecule has 2 N–H and O–H groups in total. The number of benzene rings is 1. The Morgan fingerprint density at radius 3 is 2.47 bits per heavy atom. The minimum absolute atomic E-state index is 0.0636. The highest BCUT2D eigenvalue weighted by atomic mass is 16.3. The van der Waals surface area contributed by atoms with Crippen LogP contribution >= 0.6 is 0 Å². The number of rotatable bonds is 4. The molecule has 0 aliphatic rings. The van der Waals surface area contributed by atoms with Crippen molar-refractivity contribution in [2.24, 2.45) is 11.7 Å². The van der Waals surface area contributed by atoms with Gasteiger partial charge >= 0.3 is 0 Å². The molecular formula is C14H15NO2. The van der Waals surface area contributed by atoms with Crippen LogP contribution in [0.4, 0.5) is 0 Å². The van der Waals surface area contributed by atoms with Crippen molar-refractivity contribution in [2.75, 3.05) is 0 Å². The predicted molar refractivity (Wildman–Crippen MR) is 65.6 cm³/mol. The normalized spacial score (nSPS) is 14.2. The number of hydrogen-bond acceptors (Lipinski definition) is 3. The molecule has 1 aromatic carbocycles. The molecule has 2 aromatic rings. The quantitative estimate of drug-likeness (QED) is 0.820. The van der Waals surface area contributed by atoms with Crippen LogP contribution in [0.1, 0.15) is 29.1 Å². The molecule has 0 aliphatic heterocycles. The lowest BCUT2D eigenvalue weighted by molar-refractivity contribution is 0.0884. The summed E-state index contributed by atoms with van der Waals surface area (Å²) in [6, 6.07) is 12.7. The summed E-state index contributed by atoms with van der Waals surface area (Å²) in [6.07, 6.45) is 1.49. The van der Waals surface area contributed by atoms with Gasteiger partial charge in [-0.1, -0.05) is 37.3 Å². The zero-order valence-electron chi connectivity index (χ0n) is 9.67. The topological polar surface area (TPSA) is 56.2 Å². The van der Waals surface area contributed by atoms with Crippen molar-refractivity contribution in [3.8, 4) is 0 Å². The number of ketones is 1. The van der Waals surface area contributed by atoms with Crippen molar-refractivity contribution in [1.82, 2.24) is 0 Å². The van der Waals surface area contributed by atoms with Gasteiger partial charge in [0.05, 0.1) is 6.26 Å². The monoisotopic (exact) mass is 229 g/mol. The highest BCUT2D eigenvalue weighted by molar-refractivity contribution is 5.95. The van der Waals surface area contributed by atoms with E-state index in [1.54, 1.807) is 12.1 Å². The molecule has 1 aromatic heterocycles. The molecule has 0 aliphatic carbocycles. The average Bonchev–Trinajstić information content (AvgIpc) is 2.91. The summed E-state index contributed by atoms with van der Waals surface area (Å²) in [5.41, 5.74) is 7.04. The predicted octanol–water partition coefficient (Wildman–Crippen LogP) is 2.80. The van der Waals surface area contributed by atoms with Gasteiger partial charge in [-0.2, -0.15) is 0 Å². The van der Waals surface area contributed by atoms with Crippen LogP contribution in [0.2, 0.25) is 0 Å². The summed E-state index contributed by atoms with van der Waals surface area (Å²) in [5, 5.41) is 0. The van der Waals surface area contributed by atoms with Crippen LogP contribution in [0.5, 0.6) is 0 Å². The lowest BCUT2D eigenvalue weighted by Gasteiger charge is -2.18. The molecule has 2 atom stereocenters. The fourth-order valence-corrected chi connectivity index (χ4v) is 1.77. The molecular weight excluding hydrogens is 214 g/mol. The Kier molecular flexibility index (Phi) is 3.40. The molecule has 0 spiro atoms. The van der Waals surface area contributed by atoms with Crippen LogP contribution in [-0.4, -0.2) is 5.78 Å². The average molecular weight is 229 g/mol. The Morgan fingerprint density at radius 2 is 1.88 bits per heavy atom. The highest BCUT2D eigenvalue weighted by Gasteiger charge is 2.24. The second kappa shape index (κ2) is 4.97. The van der Waals surface area contributed by atoms with Crippen LogP contribution in [0.25, 0.3) is 0 Å². The number of hydrogen-bond donors (Lipinski definition) is 1. The lowest BCUT2D eigenvalue weighted by Crippen LogP contribution is -2.25. The molecule has 0 bridgehead atoms. The molecule has 1 heterocycles. The van der Waals surface area contributed by atoms with Crippen molar-refractivity contribution in [1.29, 1.82) is 0 Å². The molecule has 2 unspecified atom stereocenters. The summed E-state index contributed by atoms with van der Waals surface area (Å²) >= 11 is 0. The third kappa shape index (κ3) is 2.45. The van der Waals surface area contributed by atoms with Gasteiger partial charge in [0.15, 0.2) is 5.76 Å². The van der Waals surface area contributed by atoms with E-state index < -0.39 is 0 Å². The maximum absolute atomic E-state index is 12.0. The second-order valence-corrected chi connectivity index (χ2v) is 4.07. The van der Waals surface area contributed by atoms with Crippen molar-refractivity contribution in [2.45, 2.75) is 13.0 Å². The van der Waals surface area contributed by atoms with Crippen LogP contribution in [-0.2, 0) is 0 Å². The fourth-order valence-electron chi connectivity index (χ4n) is 1.77. The lowest BCUT2D eigenvalue weighted by atomic mass is 9.91. The van der Waals surface area contributed by atoms with E-state index in [1.807, 2.05) is 37.3 Å². The van der Waals surface area contributed by atoms with E-state index in [9.17, 15) is 4.79 Å². The zero-order chi connectivity index (χ0) is 12.3. The first-order chi connectivity index (χ1) is 8.20. The van der Waals surface area contributed by atoms with Gasteiger partial charge in [0.2, 0.25) is 5.78 Å². The van der Waals surface area contributed by atoms with Gasteiger partial charge in [0.1, 0.15) is 0 Å². The van der Waals surface area contributed by atoms with Gasteiger partial charge < -0.3 is 10.2 Å². The standard InChI is InChI=1S/C14H15NO2/c1-10(14(16)12-8-5-9-17-12)13(15)11-6-3-2-4-7-11/h2-10,13H,15H2,1H3. The maximum atomic E-state index is 12.0. The van der Waals surface area contributed by atoms with Crippen LogP contribution in [0.3, 0.4) is 0 Å². The Labute approximate surface area is 100 Å². The number of furan rings is 1. The molecule has 2 rings (SSSR count). The summed E-state index contributed by atoms with van der Waals surface area (Å²) in [7, 11) is 0. The molecule has 0 saturated heterocycles. The second-order valence-electron chi connectivity index (χ2n) is 4.07. The SMILES string of the molecule is CC(C(=O)c1ccco1)C(N)c1ccccc1. The van der Waals surface area contributed by atoms with Gasteiger partial charge in [0.25, 0.3) is 0 Å². The first-order valence-corrected chi connectivity index (χ1v) is 5.58. The highest BCUT2D eigenvalue weighted by Crippen LogP contribution is 2.22. The van der Waals surface area contributed by atoms with E-state index in [2.05, 4.69) is 0 Å². The van der Waals surface area contributed by atoms with E-state index in [1.165, 1.54) is 6.26 Å². The Balaban J connectivity index is 2.15. The van der Waals surface area contributed by atoms with Crippen molar-refractivity contribution in [3.63, 3.8) is 0 Å². The van der Waals surface area contributed by atoms with Gasteiger partial charge in [0, 0.05) is 12.0 Å². The van der Waals surface area contributed by atoms with Gasteiger partial charge in [-0.3, -0.25) is 4.79 Å². The number of Topliss-reactive ketones (excluding diaryl/α,β-unsaturated/α-hetero) is 1. The molecule has 0 amide bonds. The minimum Gasteiger partial charge on any atom is -0.461 e. The first kappa shape index (κ1) is 11.6. The molecule has 0 radical (unpaired) electrons. The smallest absolute Gasteiger partial charge is 0.202 e. The fraction of sp³-hybridized carbons (Fsp3) is 0.214. The molecule has 3 nitrogen and oxygen atoms in total. The number of nitrogens with two attached hydrogens (primary N) is 1. The van der Waals surface area contributed by atoms with Crippen LogP contribution in [0.15, 0.2) is 53.1 Å². The van der Waals surface area contributed by atoms with Crippen LogP contribution < -0.4 is 5.73 Å². The first-order valence-electron chi connectivity index (χ1n) is 5.58. The molecule has 3 heteroatoms. The molecule has 17 heavy (non-hydrogen) atoms. The Morgan fingerprint density at radius 1 is 1.18 bits per heavy atom. The van der Waals surface area contributed by atoms with E-state index >= 15 is 0 Å². The van der Waals surface area contributed by atoms with Gasteiger partial charge in [-0.05, 0) is 17.7 Å². The molecule has 88 valence electrons. The summed E-state index contributed by atoms with van der Waals surface area (Å²) < 4.78 is 5.10. The van der Waals surface area contributed by atoms with E-state index in [0.717, 1.165) is 5.56 Å². The van der Waals surface area contributed by atoms with Gasteiger partial charge in [-0.15, -0.1) is 0 Å². The molecule has 0 fully saturated rings. The third-order valence-corrected chi connectivity index (χ3v) is 2.90. The molecule has 0 saturated carbocycles. The summed E-state index contributed by atoms with van der Waals surface area (Å²) in [4.78, 5) is 12.0. The third-order valence-electron chi connectivity index (χ3n) is 2.90. The van der Waals surface area contributed by atoms with E-state index in [0.29, 0.717) is 5.76 Å². The largest absolute Gasteiger partial charge is 0.461 e. The van der Waals surface area contributed by atoms with Gasteiger partial charge in [-0.25, -0.2) is 0 Å². The minimum atomic E-state index is -0.311. The number of carbonyl (C=O) groups is 1. The van der Waals surface area contributed by atoms with E-state index in [4.69, 9.17) is 10.2 Å². The van der Waals surface area contributed by atoms with E-state index in [-0.39, 0.29) is 17.7 Å².